The van der Waals surface area contributed by atoms with E-state index in [4.69, 9.17) is 10.5 Å². The Morgan fingerprint density at radius 1 is 1.10 bits per heavy atom. The molecule has 102 valence electrons. The van der Waals surface area contributed by atoms with Gasteiger partial charge < -0.3 is 15.8 Å². The van der Waals surface area contributed by atoms with Crippen molar-refractivity contribution in [1.29, 1.82) is 0 Å². The van der Waals surface area contributed by atoms with Gasteiger partial charge in [-0.1, -0.05) is 0 Å². The summed E-state index contributed by atoms with van der Waals surface area (Å²) in [4.78, 5) is 11.3. The number of aryl methyl sites for hydroxylation is 2. The zero-order valence-corrected chi connectivity index (χ0v) is 11.3. The fraction of sp³-hybridized carbons (Fsp3) is 0.188. The van der Waals surface area contributed by atoms with Gasteiger partial charge in [0.1, 0.15) is 11.5 Å². The second-order valence-corrected chi connectivity index (χ2v) is 4.99. The maximum absolute atomic E-state index is 11.3. The third kappa shape index (κ3) is 2.45. The molecule has 0 radical (unpaired) electrons. The topological polar surface area (TPSA) is 64.3 Å². The molecule has 0 atom stereocenters. The second-order valence-electron chi connectivity index (χ2n) is 4.99. The van der Waals surface area contributed by atoms with E-state index in [9.17, 15) is 4.79 Å². The van der Waals surface area contributed by atoms with Crippen molar-refractivity contribution < 1.29 is 9.53 Å². The van der Waals surface area contributed by atoms with Gasteiger partial charge in [0.25, 0.3) is 0 Å². The quantitative estimate of drug-likeness (QED) is 0.822. The summed E-state index contributed by atoms with van der Waals surface area (Å²) in [5.41, 5.74) is 9.52. The highest BCUT2D eigenvalue weighted by Crippen LogP contribution is 2.30. The number of anilines is 2. The lowest BCUT2D eigenvalue weighted by molar-refractivity contribution is -0.116. The number of nitrogens with two attached hydrogens (primary N) is 1. The average molecular weight is 268 g/mol. The lowest BCUT2D eigenvalue weighted by Gasteiger charge is -2.17. The van der Waals surface area contributed by atoms with Gasteiger partial charge in [0.05, 0.1) is 0 Å². The van der Waals surface area contributed by atoms with Crippen LogP contribution in [-0.2, 0) is 11.2 Å². The first-order valence-corrected chi connectivity index (χ1v) is 6.58. The predicted octanol–water partition coefficient (Wildman–Crippen LogP) is 3.25. The van der Waals surface area contributed by atoms with E-state index in [0.29, 0.717) is 6.42 Å². The molecule has 4 heteroatoms. The van der Waals surface area contributed by atoms with Crippen LogP contribution in [0.4, 0.5) is 11.4 Å². The van der Waals surface area contributed by atoms with E-state index in [0.717, 1.165) is 40.4 Å². The maximum atomic E-state index is 11.3. The van der Waals surface area contributed by atoms with Gasteiger partial charge >= 0.3 is 0 Å². The highest BCUT2D eigenvalue weighted by Gasteiger charge is 2.15. The van der Waals surface area contributed by atoms with E-state index in [1.54, 1.807) is 0 Å². The monoisotopic (exact) mass is 268 g/mol. The summed E-state index contributed by atoms with van der Waals surface area (Å²) < 4.78 is 5.84. The summed E-state index contributed by atoms with van der Waals surface area (Å²) in [5.74, 6) is 1.60. The van der Waals surface area contributed by atoms with E-state index in [2.05, 4.69) is 5.32 Å². The third-order valence-corrected chi connectivity index (χ3v) is 3.45. The number of ether oxygens (including phenoxy) is 1. The lowest BCUT2D eigenvalue weighted by Crippen LogP contribution is -2.18. The molecule has 0 aromatic heterocycles. The number of carbonyl (C=O) groups excluding carboxylic acids is 1. The van der Waals surface area contributed by atoms with E-state index in [1.165, 1.54) is 0 Å². The molecule has 0 aliphatic carbocycles. The largest absolute Gasteiger partial charge is 0.457 e. The van der Waals surface area contributed by atoms with Gasteiger partial charge in [0, 0.05) is 17.8 Å². The predicted molar refractivity (Wildman–Crippen MR) is 79.1 cm³/mol. The fourth-order valence-electron chi connectivity index (χ4n) is 2.27. The molecule has 3 N–H and O–H groups in total. The van der Waals surface area contributed by atoms with Gasteiger partial charge in [-0.3, -0.25) is 4.79 Å². The molecule has 1 aliphatic rings. The number of rotatable bonds is 2. The van der Waals surface area contributed by atoms with Crippen LogP contribution >= 0.6 is 0 Å². The standard InChI is InChI=1S/C16H16N2O2/c1-10-8-12(3-5-14(10)17)20-13-4-6-15-11(9-13)2-7-16(19)18-15/h3-6,8-9H,2,7,17H2,1H3,(H,18,19). The normalized spacial score (nSPS) is 13.6. The fourth-order valence-corrected chi connectivity index (χ4v) is 2.27. The van der Waals surface area contributed by atoms with Crippen LogP contribution in [0.25, 0.3) is 0 Å². The zero-order valence-electron chi connectivity index (χ0n) is 11.3. The Labute approximate surface area is 117 Å². The van der Waals surface area contributed by atoms with Gasteiger partial charge in [0.15, 0.2) is 0 Å². The van der Waals surface area contributed by atoms with Crippen molar-refractivity contribution in [3.63, 3.8) is 0 Å². The number of hydrogen-bond acceptors (Lipinski definition) is 3. The molecule has 0 bridgehead atoms. The third-order valence-electron chi connectivity index (χ3n) is 3.45. The summed E-state index contributed by atoms with van der Waals surface area (Å²) in [6.07, 6.45) is 1.27. The van der Waals surface area contributed by atoms with Gasteiger partial charge in [-0.05, 0) is 60.9 Å². The summed E-state index contributed by atoms with van der Waals surface area (Å²) in [6, 6.07) is 11.3. The molecule has 3 rings (SSSR count). The number of benzene rings is 2. The van der Waals surface area contributed by atoms with Crippen LogP contribution in [0.15, 0.2) is 36.4 Å². The van der Waals surface area contributed by atoms with E-state index in [-0.39, 0.29) is 5.91 Å². The Balaban J connectivity index is 1.84. The molecule has 1 aliphatic heterocycles. The minimum Gasteiger partial charge on any atom is -0.457 e. The molecular formula is C16H16N2O2. The highest BCUT2D eigenvalue weighted by atomic mass is 16.5. The SMILES string of the molecule is Cc1cc(Oc2ccc3c(c2)CCC(=O)N3)ccc1N. The molecule has 0 fully saturated rings. The molecule has 1 heterocycles. The van der Waals surface area contributed by atoms with E-state index in [1.807, 2.05) is 43.3 Å². The molecule has 0 saturated heterocycles. The number of nitrogen functional groups attached to an aromatic ring is 1. The number of amides is 1. The minimum absolute atomic E-state index is 0.0697. The smallest absolute Gasteiger partial charge is 0.224 e. The van der Waals surface area contributed by atoms with Crippen molar-refractivity contribution in [2.24, 2.45) is 0 Å². The first kappa shape index (κ1) is 12.5. The van der Waals surface area contributed by atoms with Crippen LogP contribution in [0.3, 0.4) is 0 Å². The Morgan fingerprint density at radius 2 is 1.85 bits per heavy atom. The molecule has 1 amide bonds. The van der Waals surface area contributed by atoms with Crippen LogP contribution in [0.5, 0.6) is 11.5 Å². The molecule has 20 heavy (non-hydrogen) atoms. The summed E-state index contributed by atoms with van der Waals surface area (Å²) in [7, 11) is 0. The minimum atomic E-state index is 0.0697. The number of carbonyl (C=O) groups is 1. The van der Waals surface area contributed by atoms with Gasteiger partial charge in [0.2, 0.25) is 5.91 Å². The van der Waals surface area contributed by atoms with E-state index >= 15 is 0 Å². The molecule has 0 saturated carbocycles. The van der Waals surface area contributed by atoms with Crippen LogP contribution in [-0.4, -0.2) is 5.91 Å². The summed E-state index contributed by atoms with van der Waals surface area (Å²) >= 11 is 0. The highest BCUT2D eigenvalue weighted by molar-refractivity contribution is 5.94. The van der Waals surface area contributed by atoms with Crippen LogP contribution in [0, 0.1) is 6.92 Å². The summed E-state index contributed by atoms with van der Waals surface area (Å²) in [6.45, 7) is 1.95. The van der Waals surface area contributed by atoms with Crippen molar-refractivity contribution in [2.75, 3.05) is 11.1 Å². The first-order chi connectivity index (χ1) is 9.61. The molecular weight excluding hydrogens is 252 g/mol. The molecule has 0 spiro atoms. The van der Waals surface area contributed by atoms with Crippen LogP contribution < -0.4 is 15.8 Å². The van der Waals surface area contributed by atoms with Crippen molar-refractivity contribution in [2.45, 2.75) is 19.8 Å². The van der Waals surface area contributed by atoms with Crippen LogP contribution in [0.2, 0.25) is 0 Å². The number of fused-ring (bicyclic) bond motifs is 1. The van der Waals surface area contributed by atoms with E-state index < -0.39 is 0 Å². The number of nitrogens with one attached hydrogen (secondary N) is 1. The molecule has 2 aromatic rings. The lowest BCUT2D eigenvalue weighted by atomic mass is 10.0. The molecule has 4 nitrogen and oxygen atoms in total. The van der Waals surface area contributed by atoms with Gasteiger partial charge in [-0.15, -0.1) is 0 Å². The maximum Gasteiger partial charge on any atom is 0.224 e. The molecule has 0 unspecified atom stereocenters. The van der Waals surface area contributed by atoms with Crippen molar-refractivity contribution in [1.82, 2.24) is 0 Å². The van der Waals surface area contributed by atoms with Crippen LogP contribution in [0.1, 0.15) is 17.5 Å². The summed E-state index contributed by atoms with van der Waals surface area (Å²) in [5, 5.41) is 2.86. The Hall–Kier alpha value is -2.49. The van der Waals surface area contributed by atoms with Gasteiger partial charge in [-0.25, -0.2) is 0 Å². The average Bonchev–Trinajstić information content (AvgIpc) is 2.43. The molecule has 2 aromatic carbocycles. The van der Waals surface area contributed by atoms with Crippen molar-refractivity contribution in [3.8, 4) is 11.5 Å². The van der Waals surface area contributed by atoms with Crippen molar-refractivity contribution >= 4 is 17.3 Å². The Kier molecular flexibility index (Phi) is 3.06. The second kappa shape index (κ2) is 4.89. The zero-order chi connectivity index (χ0) is 14.1. The Morgan fingerprint density at radius 3 is 2.65 bits per heavy atom. The number of hydrogen-bond donors (Lipinski definition) is 2. The first-order valence-electron chi connectivity index (χ1n) is 6.58. The van der Waals surface area contributed by atoms with Crippen molar-refractivity contribution in [3.05, 3.63) is 47.5 Å². The van der Waals surface area contributed by atoms with Gasteiger partial charge in [-0.2, -0.15) is 0 Å². The Bertz CT molecular complexity index is 680.